The van der Waals surface area contributed by atoms with Gasteiger partial charge in [0.15, 0.2) is 0 Å². The topological polar surface area (TPSA) is 57.6 Å². The minimum atomic E-state index is -0.862. The third-order valence-electron chi connectivity index (χ3n) is 5.86. The number of hydrogen-bond acceptors (Lipinski definition) is 4. The van der Waals surface area contributed by atoms with Crippen LogP contribution in [0.5, 0.6) is 0 Å². The Morgan fingerprint density at radius 3 is 2.38 bits per heavy atom. The first-order valence-electron chi connectivity index (χ1n) is 9.54. The van der Waals surface area contributed by atoms with Gasteiger partial charge in [0.05, 0.1) is 4.58 Å². The maximum Gasteiger partial charge on any atom is 0.326 e. The summed E-state index contributed by atoms with van der Waals surface area (Å²) in [5.74, 6) is 1.76. The number of carboxylic acid groups (broad SMARTS) is 1. The van der Waals surface area contributed by atoms with Gasteiger partial charge in [0, 0.05) is 11.6 Å². The first-order valence-corrected chi connectivity index (χ1v) is 11.6. The van der Waals surface area contributed by atoms with E-state index in [4.69, 9.17) is 0 Å². The van der Waals surface area contributed by atoms with Gasteiger partial charge in [0.2, 0.25) is 0 Å². The molecule has 1 aromatic rings. The van der Waals surface area contributed by atoms with E-state index >= 15 is 0 Å². The Morgan fingerprint density at radius 1 is 1.00 bits per heavy atom. The molecule has 4 nitrogen and oxygen atoms in total. The van der Waals surface area contributed by atoms with Gasteiger partial charge in [-0.15, -0.1) is 23.5 Å². The molecular formula is C20H25NO3S2. The van der Waals surface area contributed by atoms with E-state index in [2.05, 4.69) is 0 Å². The van der Waals surface area contributed by atoms with E-state index in [-0.39, 0.29) is 11.9 Å². The lowest BCUT2D eigenvalue weighted by Crippen LogP contribution is -2.46. The number of benzene rings is 1. The van der Waals surface area contributed by atoms with Crippen molar-refractivity contribution in [3.8, 4) is 0 Å². The third kappa shape index (κ3) is 3.50. The van der Waals surface area contributed by atoms with Crippen molar-refractivity contribution >= 4 is 35.4 Å². The summed E-state index contributed by atoms with van der Waals surface area (Å²) in [7, 11) is 0. The summed E-state index contributed by atoms with van der Waals surface area (Å²) in [5, 5.41) is 9.64. The molecule has 0 aromatic heterocycles. The van der Waals surface area contributed by atoms with Crippen molar-refractivity contribution in [3.63, 3.8) is 0 Å². The Bertz CT molecular complexity index is 672. The number of nitrogens with zero attached hydrogens (tertiary/aromatic N) is 1. The monoisotopic (exact) mass is 391 g/mol. The minimum Gasteiger partial charge on any atom is -0.480 e. The van der Waals surface area contributed by atoms with Crippen LogP contribution >= 0.6 is 23.5 Å². The molecule has 1 N–H and O–H groups in total. The van der Waals surface area contributed by atoms with Crippen LogP contribution in [0.4, 0.5) is 0 Å². The van der Waals surface area contributed by atoms with Crippen LogP contribution in [0.2, 0.25) is 0 Å². The summed E-state index contributed by atoms with van der Waals surface area (Å²) in [4.78, 5) is 26.6. The highest BCUT2D eigenvalue weighted by molar-refractivity contribution is 8.16. The number of likely N-dealkylation sites (tertiary alicyclic amines) is 1. The number of fused-ring (bicyclic) bond motifs is 1. The number of hydrogen-bond donors (Lipinski definition) is 1. The zero-order chi connectivity index (χ0) is 18.1. The summed E-state index contributed by atoms with van der Waals surface area (Å²) in [6.07, 6.45) is 6.10. The van der Waals surface area contributed by atoms with Gasteiger partial charge in [0.1, 0.15) is 6.04 Å². The van der Waals surface area contributed by atoms with Crippen LogP contribution < -0.4 is 0 Å². The van der Waals surface area contributed by atoms with Crippen molar-refractivity contribution in [2.75, 3.05) is 11.5 Å². The van der Waals surface area contributed by atoms with Crippen LogP contribution in [0.15, 0.2) is 24.3 Å². The lowest BCUT2D eigenvalue weighted by Gasteiger charge is -2.33. The molecule has 2 saturated heterocycles. The zero-order valence-electron chi connectivity index (χ0n) is 14.8. The molecule has 4 rings (SSSR count). The van der Waals surface area contributed by atoms with Crippen LogP contribution in [0.1, 0.15) is 59.0 Å². The Kier molecular flexibility index (Phi) is 5.50. The standard InChI is InChI=1S/C20H25NO3S2/c22-18(13-6-8-14(9-7-13)20-25-10-3-11-26-20)21-16-5-2-1-4-15(16)12-17(21)19(23)24/h6-9,15-17,20H,1-5,10-12H2,(H,23,24). The van der Waals surface area contributed by atoms with E-state index in [0.717, 1.165) is 25.7 Å². The normalized spacial score (nSPS) is 29.4. The molecule has 1 saturated carbocycles. The molecule has 3 unspecified atom stereocenters. The number of amides is 1. The molecule has 140 valence electrons. The van der Waals surface area contributed by atoms with Gasteiger partial charge in [-0.2, -0.15) is 0 Å². The molecule has 0 spiro atoms. The summed E-state index contributed by atoms with van der Waals surface area (Å²) in [6.45, 7) is 0. The van der Waals surface area contributed by atoms with Gasteiger partial charge in [-0.1, -0.05) is 25.0 Å². The number of rotatable bonds is 3. The van der Waals surface area contributed by atoms with E-state index in [1.807, 2.05) is 47.8 Å². The molecule has 6 heteroatoms. The average molecular weight is 392 g/mol. The number of carbonyl (C=O) groups is 2. The van der Waals surface area contributed by atoms with Gasteiger partial charge in [0.25, 0.3) is 5.91 Å². The van der Waals surface area contributed by atoms with Crippen LogP contribution in [0, 0.1) is 5.92 Å². The number of aliphatic carboxylic acids is 1. The van der Waals surface area contributed by atoms with E-state index in [0.29, 0.717) is 22.5 Å². The van der Waals surface area contributed by atoms with E-state index < -0.39 is 12.0 Å². The number of thioether (sulfide) groups is 2. The lowest BCUT2D eigenvalue weighted by molar-refractivity contribution is -0.141. The van der Waals surface area contributed by atoms with Crippen molar-refractivity contribution < 1.29 is 14.7 Å². The number of carbonyl (C=O) groups excluding carboxylic acids is 1. The average Bonchev–Trinajstić information content (AvgIpc) is 3.08. The first kappa shape index (κ1) is 18.2. The molecule has 3 aliphatic rings. The molecule has 1 amide bonds. The highest BCUT2D eigenvalue weighted by Crippen LogP contribution is 2.44. The second-order valence-electron chi connectivity index (χ2n) is 7.46. The largest absolute Gasteiger partial charge is 0.480 e. The van der Waals surface area contributed by atoms with Gasteiger partial charge in [-0.05, 0) is 60.8 Å². The van der Waals surface area contributed by atoms with Crippen molar-refractivity contribution in [2.24, 2.45) is 5.92 Å². The molecule has 3 fully saturated rings. The van der Waals surface area contributed by atoms with E-state index in [9.17, 15) is 14.7 Å². The molecule has 0 radical (unpaired) electrons. The molecule has 3 atom stereocenters. The Morgan fingerprint density at radius 2 is 1.69 bits per heavy atom. The molecular weight excluding hydrogens is 366 g/mol. The third-order valence-corrected chi connectivity index (χ3v) is 8.88. The fraction of sp³-hybridized carbons (Fsp3) is 0.600. The van der Waals surface area contributed by atoms with Crippen molar-refractivity contribution in [1.82, 2.24) is 4.90 Å². The van der Waals surface area contributed by atoms with Crippen LogP contribution in [0.25, 0.3) is 0 Å². The maximum absolute atomic E-state index is 13.2. The van der Waals surface area contributed by atoms with Gasteiger partial charge in [-0.3, -0.25) is 4.79 Å². The SMILES string of the molecule is O=C(O)C1CC2CCCCC2N1C(=O)c1ccc(C2SCCCS2)cc1. The summed E-state index contributed by atoms with van der Waals surface area (Å²) in [6, 6.07) is 7.31. The fourth-order valence-corrected chi connectivity index (χ4v) is 7.48. The van der Waals surface area contributed by atoms with Gasteiger partial charge >= 0.3 is 5.97 Å². The van der Waals surface area contributed by atoms with E-state index in [1.165, 1.54) is 23.5 Å². The molecule has 26 heavy (non-hydrogen) atoms. The highest BCUT2D eigenvalue weighted by atomic mass is 32.2. The molecule has 1 aromatic carbocycles. The molecule has 2 aliphatic heterocycles. The van der Waals surface area contributed by atoms with Gasteiger partial charge < -0.3 is 10.0 Å². The lowest BCUT2D eigenvalue weighted by atomic mass is 9.84. The highest BCUT2D eigenvalue weighted by Gasteiger charge is 2.47. The summed E-state index contributed by atoms with van der Waals surface area (Å²) >= 11 is 3.93. The predicted octanol–water partition coefficient (Wildman–Crippen LogP) is 4.41. The van der Waals surface area contributed by atoms with Crippen molar-refractivity contribution in [1.29, 1.82) is 0 Å². The van der Waals surface area contributed by atoms with Crippen LogP contribution in [-0.2, 0) is 4.79 Å². The zero-order valence-corrected chi connectivity index (χ0v) is 16.4. The van der Waals surface area contributed by atoms with Gasteiger partial charge in [-0.25, -0.2) is 4.79 Å². The second kappa shape index (κ2) is 7.85. The predicted molar refractivity (Wildman–Crippen MR) is 107 cm³/mol. The van der Waals surface area contributed by atoms with Crippen LogP contribution in [-0.4, -0.2) is 45.5 Å². The Labute approximate surface area is 163 Å². The Hall–Kier alpha value is -1.14. The molecule has 1 aliphatic carbocycles. The fourth-order valence-electron chi connectivity index (χ4n) is 4.58. The summed E-state index contributed by atoms with van der Waals surface area (Å²) in [5.41, 5.74) is 1.88. The molecule has 0 bridgehead atoms. The Balaban J connectivity index is 1.54. The van der Waals surface area contributed by atoms with Crippen molar-refractivity contribution in [3.05, 3.63) is 35.4 Å². The second-order valence-corrected chi connectivity index (χ2v) is 10.2. The summed E-state index contributed by atoms with van der Waals surface area (Å²) < 4.78 is 0.453. The maximum atomic E-state index is 13.2. The van der Waals surface area contributed by atoms with Crippen LogP contribution in [0.3, 0.4) is 0 Å². The van der Waals surface area contributed by atoms with Crippen molar-refractivity contribution in [2.45, 2.75) is 55.2 Å². The number of carboxylic acids is 1. The first-order chi connectivity index (χ1) is 12.6. The smallest absolute Gasteiger partial charge is 0.326 e. The minimum absolute atomic E-state index is 0.0986. The molecule has 2 heterocycles. The van der Waals surface area contributed by atoms with E-state index in [1.54, 1.807) is 4.90 Å². The quantitative estimate of drug-likeness (QED) is 0.827.